The Bertz CT molecular complexity index is 1160. The van der Waals surface area contributed by atoms with E-state index in [4.69, 9.17) is 10.1 Å². The van der Waals surface area contributed by atoms with E-state index >= 15 is 0 Å². The Morgan fingerprint density at radius 1 is 0.839 bits per heavy atom. The average molecular weight is 409 g/mol. The van der Waals surface area contributed by atoms with Crippen molar-refractivity contribution < 1.29 is 14.4 Å². The van der Waals surface area contributed by atoms with Crippen molar-refractivity contribution in [2.45, 2.75) is 18.7 Å². The van der Waals surface area contributed by atoms with Crippen LogP contribution >= 0.6 is 0 Å². The van der Waals surface area contributed by atoms with Gasteiger partial charge in [0.25, 0.3) is 5.91 Å². The third kappa shape index (κ3) is 3.25. The Hall–Kier alpha value is -3.95. The van der Waals surface area contributed by atoms with Crippen molar-refractivity contribution in [3.63, 3.8) is 0 Å². The van der Waals surface area contributed by atoms with Crippen LogP contribution in [0.5, 0.6) is 0 Å². The van der Waals surface area contributed by atoms with Crippen LogP contribution in [0.15, 0.2) is 84.9 Å². The number of likely N-dealkylation sites (tertiary alicyclic amines) is 1. The molecule has 6 heteroatoms. The maximum absolute atomic E-state index is 13.4. The van der Waals surface area contributed by atoms with Gasteiger partial charge in [0.05, 0.1) is 29.9 Å². The minimum Gasteiger partial charge on any atom is -0.275 e. The Balaban J connectivity index is 1.52. The summed E-state index contributed by atoms with van der Waals surface area (Å²) in [5, 5.41) is 10.8. The van der Waals surface area contributed by atoms with Crippen molar-refractivity contribution in [2.24, 2.45) is 5.92 Å². The van der Waals surface area contributed by atoms with Crippen LogP contribution in [0.2, 0.25) is 0 Å². The van der Waals surface area contributed by atoms with Crippen molar-refractivity contribution in [1.82, 2.24) is 4.90 Å². The van der Waals surface area contributed by atoms with E-state index in [2.05, 4.69) is 6.07 Å². The highest BCUT2D eigenvalue weighted by molar-refractivity contribution is 6.07. The van der Waals surface area contributed by atoms with Gasteiger partial charge in [-0.05, 0) is 35.4 Å². The number of nitrogens with zero attached hydrogens (tertiary/aromatic N) is 3. The van der Waals surface area contributed by atoms with E-state index in [-0.39, 0.29) is 18.4 Å². The molecule has 152 valence electrons. The van der Waals surface area contributed by atoms with E-state index in [0.29, 0.717) is 5.56 Å². The quantitative estimate of drug-likeness (QED) is 0.616. The van der Waals surface area contributed by atoms with Crippen LogP contribution in [0.3, 0.4) is 0 Å². The maximum Gasteiger partial charge on any atom is 0.262 e. The van der Waals surface area contributed by atoms with Crippen molar-refractivity contribution in [2.75, 3.05) is 5.06 Å². The topological polar surface area (TPSA) is 73.6 Å². The molecule has 3 aromatic carbocycles. The van der Waals surface area contributed by atoms with E-state index in [1.165, 1.54) is 4.90 Å². The third-order valence-corrected chi connectivity index (χ3v) is 5.78. The number of hydrogen-bond donors (Lipinski definition) is 0. The first-order valence-electron chi connectivity index (χ1n) is 10.1. The SMILES string of the molecule is N#Cc1ccc([C@H]2[C@H]3C(=O)N(Cc4ccccc4)C(=O)[C@@H]3ON2c2ccccc2)cc1. The average Bonchev–Trinajstić information content (AvgIpc) is 3.32. The number of imide groups is 1. The highest BCUT2D eigenvalue weighted by Crippen LogP contribution is 2.46. The molecule has 3 aromatic rings. The zero-order chi connectivity index (χ0) is 21.4. The summed E-state index contributed by atoms with van der Waals surface area (Å²) < 4.78 is 0. The van der Waals surface area contributed by atoms with E-state index in [9.17, 15) is 9.59 Å². The summed E-state index contributed by atoms with van der Waals surface area (Å²) in [4.78, 5) is 34.0. The fourth-order valence-electron chi connectivity index (χ4n) is 4.29. The minimum absolute atomic E-state index is 0.223. The van der Waals surface area contributed by atoms with Crippen LogP contribution in [0.1, 0.15) is 22.7 Å². The van der Waals surface area contributed by atoms with Crippen molar-refractivity contribution in [3.05, 3.63) is 102 Å². The first kappa shape index (κ1) is 19.0. The van der Waals surface area contributed by atoms with Gasteiger partial charge < -0.3 is 0 Å². The second-order valence-corrected chi connectivity index (χ2v) is 7.64. The molecule has 0 spiro atoms. The summed E-state index contributed by atoms with van der Waals surface area (Å²) in [7, 11) is 0. The first-order valence-corrected chi connectivity index (χ1v) is 10.1. The number of fused-ring (bicyclic) bond motifs is 1. The number of rotatable bonds is 4. The number of carbonyl (C=O) groups excluding carboxylic acids is 2. The molecule has 31 heavy (non-hydrogen) atoms. The molecule has 0 radical (unpaired) electrons. The molecule has 5 rings (SSSR count). The molecule has 0 bridgehead atoms. The summed E-state index contributed by atoms with van der Waals surface area (Å²) in [5.74, 6) is -1.23. The van der Waals surface area contributed by atoms with E-state index < -0.39 is 18.1 Å². The van der Waals surface area contributed by atoms with Gasteiger partial charge in [-0.2, -0.15) is 5.26 Å². The summed E-state index contributed by atoms with van der Waals surface area (Å²) in [6.45, 7) is 0.223. The van der Waals surface area contributed by atoms with Crippen LogP contribution < -0.4 is 5.06 Å². The van der Waals surface area contributed by atoms with Gasteiger partial charge in [0.2, 0.25) is 5.91 Å². The van der Waals surface area contributed by atoms with E-state index in [1.807, 2.05) is 72.8 Å². The Morgan fingerprint density at radius 3 is 2.13 bits per heavy atom. The highest BCUT2D eigenvalue weighted by atomic mass is 16.7. The molecule has 0 unspecified atom stereocenters. The molecular formula is C25H19N3O3. The van der Waals surface area contributed by atoms with Crippen molar-refractivity contribution in [1.29, 1.82) is 5.26 Å². The minimum atomic E-state index is -0.878. The normalized spacial score (nSPS) is 22.5. The van der Waals surface area contributed by atoms with Crippen LogP contribution in [-0.4, -0.2) is 22.8 Å². The number of nitriles is 1. The summed E-state index contributed by atoms with van der Waals surface area (Å²) in [6.07, 6.45) is -0.878. The molecule has 2 heterocycles. The molecule has 6 nitrogen and oxygen atoms in total. The molecule has 0 aliphatic carbocycles. The zero-order valence-corrected chi connectivity index (χ0v) is 16.6. The van der Waals surface area contributed by atoms with Gasteiger partial charge in [-0.1, -0.05) is 60.7 Å². The predicted octanol–water partition coefficient (Wildman–Crippen LogP) is 3.60. The Labute approximate surface area is 179 Å². The largest absolute Gasteiger partial charge is 0.275 e. The van der Waals surface area contributed by atoms with Gasteiger partial charge in [0.1, 0.15) is 5.92 Å². The smallest absolute Gasteiger partial charge is 0.262 e. The molecule has 2 fully saturated rings. The number of benzene rings is 3. The van der Waals surface area contributed by atoms with Gasteiger partial charge in [-0.25, -0.2) is 5.06 Å². The number of amides is 2. The monoisotopic (exact) mass is 409 g/mol. The molecule has 2 saturated heterocycles. The van der Waals surface area contributed by atoms with Crippen molar-refractivity contribution in [3.8, 4) is 6.07 Å². The lowest BCUT2D eigenvalue weighted by Crippen LogP contribution is -2.36. The number of hydroxylamine groups is 1. The predicted molar refractivity (Wildman–Crippen MR) is 113 cm³/mol. The molecule has 2 aliphatic rings. The molecular weight excluding hydrogens is 390 g/mol. The lowest BCUT2D eigenvalue weighted by molar-refractivity contribution is -0.143. The number of anilines is 1. The molecule has 0 N–H and O–H groups in total. The maximum atomic E-state index is 13.4. The van der Waals surface area contributed by atoms with Crippen molar-refractivity contribution >= 4 is 17.5 Å². The second-order valence-electron chi connectivity index (χ2n) is 7.64. The third-order valence-electron chi connectivity index (χ3n) is 5.78. The zero-order valence-electron chi connectivity index (χ0n) is 16.6. The summed E-state index contributed by atoms with van der Waals surface area (Å²) in [6, 6.07) is 27.6. The lowest BCUT2D eigenvalue weighted by atomic mass is 9.90. The number of carbonyl (C=O) groups is 2. The van der Waals surface area contributed by atoms with E-state index in [0.717, 1.165) is 16.8 Å². The van der Waals surface area contributed by atoms with Crippen LogP contribution in [0.25, 0.3) is 0 Å². The first-order chi connectivity index (χ1) is 15.2. The Kier molecular flexibility index (Phi) is 4.73. The lowest BCUT2D eigenvalue weighted by Gasteiger charge is -2.28. The molecule has 3 atom stereocenters. The summed E-state index contributed by atoms with van der Waals surface area (Å²) in [5.41, 5.74) is 3.00. The number of para-hydroxylation sites is 1. The van der Waals surface area contributed by atoms with Gasteiger partial charge in [0, 0.05) is 0 Å². The molecule has 2 aliphatic heterocycles. The second kappa shape index (κ2) is 7.71. The Morgan fingerprint density at radius 2 is 1.48 bits per heavy atom. The standard InChI is InChI=1S/C25H19N3O3/c26-15-17-11-13-19(14-12-17)22-21-23(31-28(22)20-9-5-2-6-10-20)25(30)27(24(21)29)16-18-7-3-1-4-8-18/h1-14,21-23H,16H2/t21-,22+,23-/m1/s1. The molecule has 2 amide bonds. The van der Waals surface area contributed by atoms with Crippen LogP contribution in [-0.2, 0) is 21.0 Å². The van der Waals surface area contributed by atoms with Gasteiger partial charge >= 0.3 is 0 Å². The van der Waals surface area contributed by atoms with Gasteiger partial charge in [-0.3, -0.25) is 19.3 Å². The fourth-order valence-corrected chi connectivity index (χ4v) is 4.29. The van der Waals surface area contributed by atoms with Crippen LogP contribution in [0.4, 0.5) is 5.69 Å². The van der Waals surface area contributed by atoms with E-state index in [1.54, 1.807) is 17.2 Å². The molecule has 0 aromatic heterocycles. The highest BCUT2D eigenvalue weighted by Gasteiger charge is 2.59. The van der Waals surface area contributed by atoms with Gasteiger partial charge in [-0.15, -0.1) is 0 Å². The number of hydrogen-bond acceptors (Lipinski definition) is 5. The summed E-state index contributed by atoms with van der Waals surface area (Å²) >= 11 is 0. The van der Waals surface area contributed by atoms with Crippen LogP contribution in [0, 0.1) is 17.2 Å². The van der Waals surface area contributed by atoms with Gasteiger partial charge in [0.15, 0.2) is 6.10 Å². The fraction of sp³-hybridized carbons (Fsp3) is 0.160. The molecule has 0 saturated carbocycles.